The number of halogens is 3. The van der Waals surface area contributed by atoms with Crippen LogP contribution < -0.4 is 10.1 Å². The normalized spacial score (nSPS) is 11.7. The maximum Gasteiger partial charge on any atom is 0.261 e. The first kappa shape index (κ1) is 28.2. The van der Waals surface area contributed by atoms with Crippen molar-refractivity contribution in [3.63, 3.8) is 0 Å². The molecule has 0 radical (unpaired) electrons. The minimum atomic E-state index is -0.716. The van der Waals surface area contributed by atoms with Gasteiger partial charge in [0.1, 0.15) is 11.8 Å². The molecule has 1 N–H and O–H groups in total. The van der Waals surface area contributed by atoms with Gasteiger partial charge >= 0.3 is 0 Å². The molecule has 0 aliphatic heterocycles. The average Bonchev–Trinajstić information content (AvgIpc) is 2.85. The summed E-state index contributed by atoms with van der Waals surface area (Å²) in [6.45, 7) is 4.60. The minimum absolute atomic E-state index is 0.195. The van der Waals surface area contributed by atoms with Gasteiger partial charge in [-0.1, -0.05) is 99.8 Å². The van der Waals surface area contributed by atoms with Gasteiger partial charge in [0.2, 0.25) is 5.91 Å². The van der Waals surface area contributed by atoms with Gasteiger partial charge in [0.15, 0.2) is 6.61 Å². The zero-order valence-corrected chi connectivity index (χ0v) is 24.1. The molecule has 190 valence electrons. The van der Waals surface area contributed by atoms with Crippen LogP contribution in [0.3, 0.4) is 0 Å². The molecule has 0 heterocycles. The molecule has 1 atom stereocenters. The number of ether oxygens (including phenoxy) is 1. The van der Waals surface area contributed by atoms with E-state index in [1.54, 1.807) is 23.1 Å². The van der Waals surface area contributed by atoms with Crippen molar-refractivity contribution in [3.8, 4) is 5.75 Å². The molecule has 0 fully saturated rings. The second-order valence-electron chi connectivity index (χ2n) is 8.86. The Kier molecular flexibility index (Phi) is 10.8. The van der Waals surface area contributed by atoms with Crippen LogP contribution in [-0.4, -0.2) is 35.9 Å². The summed E-state index contributed by atoms with van der Waals surface area (Å²) in [4.78, 5) is 28.6. The Morgan fingerprint density at radius 1 is 0.944 bits per heavy atom. The van der Waals surface area contributed by atoms with Crippen LogP contribution in [0.15, 0.2) is 81.7 Å². The van der Waals surface area contributed by atoms with Crippen LogP contribution in [0.2, 0.25) is 5.02 Å². The van der Waals surface area contributed by atoms with Crippen molar-refractivity contribution in [2.45, 2.75) is 32.9 Å². The number of benzene rings is 3. The highest BCUT2D eigenvalue weighted by Crippen LogP contribution is 2.28. The molecule has 3 aromatic carbocycles. The molecule has 0 spiro atoms. The second kappa shape index (κ2) is 13.8. The van der Waals surface area contributed by atoms with E-state index in [4.69, 9.17) is 16.3 Å². The lowest BCUT2D eigenvalue weighted by atomic mass is 10.0. The average molecular weight is 637 g/mol. The Hall–Kier alpha value is -2.35. The van der Waals surface area contributed by atoms with E-state index in [1.165, 1.54) is 0 Å². The van der Waals surface area contributed by atoms with Gasteiger partial charge in [-0.25, -0.2) is 0 Å². The van der Waals surface area contributed by atoms with Crippen LogP contribution in [-0.2, 0) is 22.6 Å². The second-order valence-corrected chi connectivity index (χ2v) is 11.1. The van der Waals surface area contributed by atoms with Crippen molar-refractivity contribution >= 4 is 55.3 Å². The summed E-state index contributed by atoms with van der Waals surface area (Å²) < 4.78 is 7.54. The number of hydrogen-bond donors (Lipinski definition) is 1. The third-order valence-electron chi connectivity index (χ3n) is 5.47. The smallest absolute Gasteiger partial charge is 0.261 e. The lowest BCUT2D eigenvalue weighted by Gasteiger charge is -2.31. The first-order chi connectivity index (χ1) is 17.2. The van der Waals surface area contributed by atoms with Crippen molar-refractivity contribution in [2.75, 3.05) is 13.2 Å². The van der Waals surface area contributed by atoms with Crippen molar-refractivity contribution in [1.82, 2.24) is 10.2 Å². The fraction of sp³-hybridized carbons (Fsp3) is 0.286. The summed E-state index contributed by atoms with van der Waals surface area (Å²) in [5.41, 5.74) is 1.87. The fourth-order valence-electron chi connectivity index (χ4n) is 3.58. The molecule has 0 aromatic heterocycles. The highest BCUT2D eigenvalue weighted by molar-refractivity contribution is 9.10. The SMILES string of the molecule is CC(C)CNC(=O)C(Cc1ccccc1)N(Cc1ccc(Br)cc1)C(=O)COc1ccc(Br)cc1Cl. The Morgan fingerprint density at radius 2 is 1.61 bits per heavy atom. The number of hydrogen-bond acceptors (Lipinski definition) is 3. The van der Waals surface area contributed by atoms with Crippen LogP contribution in [0.5, 0.6) is 5.75 Å². The lowest BCUT2D eigenvalue weighted by Crippen LogP contribution is -2.52. The van der Waals surface area contributed by atoms with E-state index in [-0.39, 0.29) is 30.9 Å². The zero-order valence-electron chi connectivity index (χ0n) is 20.2. The van der Waals surface area contributed by atoms with E-state index >= 15 is 0 Å². The third-order valence-corrected chi connectivity index (χ3v) is 6.78. The molecule has 3 rings (SSSR count). The number of nitrogens with one attached hydrogen (secondary N) is 1. The molecule has 5 nitrogen and oxygen atoms in total. The molecule has 2 amide bonds. The van der Waals surface area contributed by atoms with Gasteiger partial charge in [0.05, 0.1) is 5.02 Å². The summed E-state index contributed by atoms with van der Waals surface area (Å²) in [6, 6.07) is 21.9. The molecule has 3 aromatic rings. The Labute approximate surface area is 234 Å². The van der Waals surface area contributed by atoms with Crippen molar-refractivity contribution < 1.29 is 14.3 Å². The van der Waals surface area contributed by atoms with E-state index in [2.05, 4.69) is 37.2 Å². The first-order valence-electron chi connectivity index (χ1n) is 11.7. The maximum atomic E-state index is 13.6. The van der Waals surface area contributed by atoms with Gasteiger partial charge < -0.3 is 15.0 Å². The van der Waals surface area contributed by atoms with Gasteiger partial charge in [-0.05, 0) is 47.4 Å². The van der Waals surface area contributed by atoms with Crippen molar-refractivity contribution in [3.05, 3.63) is 97.9 Å². The largest absolute Gasteiger partial charge is 0.482 e. The molecule has 0 saturated heterocycles. The molecule has 8 heteroatoms. The molecule has 36 heavy (non-hydrogen) atoms. The highest BCUT2D eigenvalue weighted by Gasteiger charge is 2.30. The summed E-state index contributed by atoms with van der Waals surface area (Å²) in [6.07, 6.45) is 0.381. The van der Waals surface area contributed by atoms with Gasteiger partial charge in [0.25, 0.3) is 5.91 Å². The quantitative estimate of drug-likeness (QED) is 0.256. The monoisotopic (exact) mass is 634 g/mol. The van der Waals surface area contributed by atoms with E-state index < -0.39 is 6.04 Å². The summed E-state index contributed by atoms with van der Waals surface area (Å²) in [7, 11) is 0. The van der Waals surface area contributed by atoms with Gasteiger partial charge in [-0.15, -0.1) is 0 Å². The van der Waals surface area contributed by atoms with Crippen LogP contribution >= 0.6 is 43.5 Å². The fourth-order valence-corrected chi connectivity index (χ4v) is 4.57. The number of amides is 2. The highest BCUT2D eigenvalue weighted by atomic mass is 79.9. The number of carbonyl (C=O) groups is 2. The predicted octanol–water partition coefficient (Wildman–Crippen LogP) is 6.66. The van der Waals surface area contributed by atoms with Crippen LogP contribution in [0.1, 0.15) is 25.0 Å². The standard InChI is InChI=1S/C28H29Br2ClN2O3/c1-19(2)16-32-28(35)25(14-20-6-4-3-5-7-20)33(17-21-8-10-22(29)11-9-21)27(34)18-36-26-13-12-23(30)15-24(26)31/h3-13,15,19,25H,14,16-18H2,1-2H3,(H,32,35). The number of nitrogens with zero attached hydrogens (tertiary/aromatic N) is 1. The topological polar surface area (TPSA) is 58.6 Å². The summed E-state index contributed by atoms with van der Waals surface area (Å²) in [5, 5.41) is 3.41. The van der Waals surface area contributed by atoms with E-state index in [9.17, 15) is 9.59 Å². The molecule has 0 aliphatic rings. The number of rotatable bonds is 11. The molecule has 0 saturated carbocycles. The van der Waals surface area contributed by atoms with E-state index in [0.717, 1.165) is 20.1 Å². The van der Waals surface area contributed by atoms with Gasteiger partial charge in [0, 0.05) is 28.5 Å². The maximum absolute atomic E-state index is 13.6. The van der Waals surface area contributed by atoms with Crippen LogP contribution in [0.4, 0.5) is 0 Å². The van der Waals surface area contributed by atoms with E-state index in [0.29, 0.717) is 23.7 Å². The summed E-state index contributed by atoms with van der Waals surface area (Å²) >= 11 is 13.1. The zero-order chi connectivity index (χ0) is 26.1. The van der Waals surface area contributed by atoms with Gasteiger partial charge in [-0.2, -0.15) is 0 Å². The molecule has 0 bridgehead atoms. The Bertz CT molecular complexity index is 1160. The minimum Gasteiger partial charge on any atom is -0.482 e. The van der Waals surface area contributed by atoms with Gasteiger partial charge in [-0.3, -0.25) is 9.59 Å². The molecular weight excluding hydrogens is 608 g/mol. The molecule has 0 aliphatic carbocycles. The first-order valence-corrected chi connectivity index (χ1v) is 13.6. The predicted molar refractivity (Wildman–Crippen MR) is 151 cm³/mol. The van der Waals surface area contributed by atoms with Crippen molar-refractivity contribution in [2.24, 2.45) is 5.92 Å². The Morgan fingerprint density at radius 3 is 2.25 bits per heavy atom. The lowest BCUT2D eigenvalue weighted by molar-refractivity contribution is -0.142. The summed E-state index contributed by atoms with van der Waals surface area (Å²) in [5.74, 6) is 0.183. The number of carbonyl (C=O) groups excluding carboxylic acids is 2. The Balaban J connectivity index is 1.90. The molecular formula is C28H29Br2ClN2O3. The van der Waals surface area contributed by atoms with Crippen LogP contribution in [0, 0.1) is 5.92 Å². The third kappa shape index (κ3) is 8.64. The van der Waals surface area contributed by atoms with Crippen molar-refractivity contribution in [1.29, 1.82) is 0 Å². The van der Waals surface area contributed by atoms with Crippen LogP contribution in [0.25, 0.3) is 0 Å². The van der Waals surface area contributed by atoms with E-state index in [1.807, 2.05) is 68.4 Å². The molecule has 1 unspecified atom stereocenters.